The SMILES string of the molecule is Cc1cc(C(=O)NC(C)C(C)CO)sc1Br. The van der Waals surface area contributed by atoms with Gasteiger partial charge in [-0.3, -0.25) is 4.79 Å². The summed E-state index contributed by atoms with van der Waals surface area (Å²) in [5, 5.41) is 11.9. The molecule has 0 aliphatic heterocycles. The molecule has 1 aromatic rings. The second kappa shape index (κ2) is 5.80. The fourth-order valence-corrected chi connectivity index (χ4v) is 2.59. The summed E-state index contributed by atoms with van der Waals surface area (Å²) in [6.45, 7) is 5.83. The van der Waals surface area contributed by atoms with Crippen LogP contribution in [-0.4, -0.2) is 23.7 Å². The molecule has 0 saturated carbocycles. The number of amides is 1. The molecular weight excluding hydrogens is 290 g/mol. The molecule has 2 atom stereocenters. The van der Waals surface area contributed by atoms with Crippen molar-refractivity contribution in [3.8, 4) is 0 Å². The minimum absolute atomic E-state index is 0.0290. The van der Waals surface area contributed by atoms with Crippen LogP contribution in [0.1, 0.15) is 29.1 Å². The first kappa shape index (κ1) is 13.7. The van der Waals surface area contributed by atoms with Gasteiger partial charge in [0, 0.05) is 12.6 Å². The number of hydrogen-bond acceptors (Lipinski definition) is 3. The normalized spacial score (nSPS) is 14.6. The number of carbonyl (C=O) groups excluding carboxylic acids is 1. The molecule has 0 spiro atoms. The third-order valence-corrected chi connectivity index (χ3v) is 4.72. The Balaban J connectivity index is 2.65. The molecule has 16 heavy (non-hydrogen) atoms. The van der Waals surface area contributed by atoms with E-state index in [9.17, 15) is 4.79 Å². The molecule has 2 unspecified atom stereocenters. The van der Waals surface area contributed by atoms with Gasteiger partial charge in [0.1, 0.15) is 0 Å². The molecule has 0 aliphatic carbocycles. The predicted molar refractivity (Wildman–Crippen MR) is 69.9 cm³/mol. The number of aliphatic hydroxyl groups excluding tert-OH is 1. The lowest BCUT2D eigenvalue weighted by atomic mass is 10.1. The van der Waals surface area contributed by atoms with E-state index >= 15 is 0 Å². The van der Waals surface area contributed by atoms with Crippen LogP contribution in [0.5, 0.6) is 0 Å². The van der Waals surface area contributed by atoms with Gasteiger partial charge in [-0.25, -0.2) is 0 Å². The molecule has 1 rings (SSSR count). The number of hydrogen-bond donors (Lipinski definition) is 2. The van der Waals surface area contributed by atoms with Gasteiger partial charge < -0.3 is 10.4 Å². The lowest BCUT2D eigenvalue weighted by molar-refractivity contribution is 0.0920. The average Bonchev–Trinajstić information content (AvgIpc) is 2.58. The van der Waals surface area contributed by atoms with E-state index in [1.165, 1.54) is 11.3 Å². The summed E-state index contributed by atoms with van der Waals surface area (Å²) in [5.41, 5.74) is 1.07. The lowest BCUT2D eigenvalue weighted by Crippen LogP contribution is -2.38. The maximum atomic E-state index is 11.8. The highest BCUT2D eigenvalue weighted by molar-refractivity contribution is 9.11. The number of carbonyl (C=O) groups is 1. The van der Waals surface area contributed by atoms with Crippen molar-refractivity contribution < 1.29 is 9.90 Å². The van der Waals surface area contributed by atoms with Crippen LogP contribution in [0.3, 0.4) is 0 Å². The second-order valence-electron chi connectivity index (χ2n) is 3.99. The zero-order chi connectivity index (χ0) is 12.3. The van der Waals surface area contributed by atoms with Crippen molar-refractivity contribution in [3.63, 3.8) is 0 Å². The minimum atomic E-state index is -0.0772. The molecule has 0 aromatic carbocycles. The van der Waals surface area contributed by atoms with Gasteiger partial charge in [0.15, 0.2) is 0 Å². The third kappa shape index (κ3) is 3.30. The van der Waals surface area contributed by atoms with Crippen LogP contribution >= 0.6 is 27.3 Å². The molecule has 1 heterocycles. The highest BCUT2D eigenvalue weighted by Gasteiger charge is 2.17. The van der Waals surface area contributed by atoms with E-state index in [-0.39, 0.29) is 24.5 Å². The zero-order valence-corrected chi connectivity index (χ0v) is 12.0. The summed E-state index contributed by atoms with van der Waals surface area (Å²) in [6.07, 6.45) is 0. The van der Waals surface area contributed by atoms with E-state index in [2.05, 4.69) is 21.2 Å². The van der Waals surface area contributed by atoms with E-state index in [0.29, 0.717) is 4.88 Å². The Hall–Kier alpha value is -0.390. The van der Waals surface area contributed by atoms with Crippen molar-refractivity contribution >= 4 is 33.2 Å². The molecule has 90 valence electrons. The largest absolute Gasteiger partial charge is 0.396 e. The van der Waals surface area contributed by atoms with Crippen LogP contribution in [0.4, 0.5) is 0 Å². The molecule has 1 aromatic heterocycles. The van der Waals surface area contributed by atoms with Crippen molar-refractivity contribution in [2.75, 3.05) is 6.61 Å². The van der Waals surface area contributed by atoms with E-state index in [1.54, 1.807) is 0 Å². The van der Waals surface area contributed by atoms with Gasteiger partial charge in [-0.15, -0.1) is 11.3 Å². The quantitative estimate of drug-likeness (QED) is 0.898. The fraction of sp³-hybridized carbons (Fsp3) is 0.545. The van der Waals surface area contributed by atoms with Crippen molar-refractivity contribution in [3.05, 3.63) is 20.3 Å². The molecule has 0 bridgehead atoms. The number of aryl methyl sites for hydroxylation is 1. The molecule has 5 heteroatoms. The van der Waals surface area contributed by atoms with Gasteiger partial charge >= 0.3 is 0 Å². The molecular formula is C11H16BrNO2S. The zero-order valence-electron chi connectivity index (χ0n) is 9.58. The number of thiophene rings is 1. The number of halogens is 1. The van der Waals surface area contributed by atoms with Gasteiger partial charge in [0.05, 0.1) is 8.66 Å². The van der Waals surface area contributed by atoms with Crippen molar-refractivity contribution in [2.45, 2.75) is 26.8 Å². The summed E-state index contributed by atoms with van der Waals surface area (Å²) < 4.78 is 0.987. The molecule has 3 nitrogen and oxygen atoms in total. The standard InChI is InChI=1S/C11H16BrNO2S/c1-6-4-9(16-10(6)12)11(15)13-8(3)7(2)5-14/h4,7-8,14H,5H2,1-3H3,(H,13,15). The predicted octanol–water partition coefficient (Wildman–Crippen LogP) is 2.57. The number of aliphatic hydroxyl groups is 1. The molecule has 0 fully saturated rings. The Labute approximate surface area is 108 Å². The van der Waals surface area contributed by atoms with Crippen LogP contribution in [0.25, 0.3) is 0 Å². The minimum Gasteiger partial charge on any atom is -0.396 e. The smallest absolute Gasteiger partial charge is 0.261 e. The van der Waals surface area contributed by atoms with Crippen LogP contribution in [-0.2, 0) is 0 Å². The van der Waals surface area contributed by atoms with Gasteiger partial charge in [-0.1, -0.05) is 6.92 Å². The van der Waals surface area contributed by atoms with Gasteiger partial charge in [0.25, 0.3) is 5.91 Å². The van der Waals surface area contributed by atoms with E-state index in [4.69, 9.17) is 5.11 Å². The second-order valence-corrected chi connectivity index (χ2v) is 6.36. The first-order valence-corrected chi connectivity index (χ1v) is 6.74. The summed E-state index contributed by atoms with van der Waals surface area (Å²) in [6, 6.07) is 1.83. The van der Waals surface area contributed by atoms with Crippen LogP contribution < -0.4 is 5.32 Å². The molecule has 0 aliphatic rings. The van der Waals surface area contributed by atoms with Gasteiger partial charge in [-0.2, -0.15) is 0 Å². The molecule has 0 radical (unpaired) electrons. The van der Waals surface area contributed by atoms with Gasteiger partial charge in [0.2, 0.25) is 0 Å². The Morgan fingerprint density at radius 2 is 2.25 bits per heavy atom. The average molecular weight is 306 g/mol. The molecule has 1 amide bonds. The maximum Gasteiger partial charge on any atom is 0.261 e. The van der Waals surface area contributed by atoms with E-state index in [1.807, 2.05) is 26.8 Å². The Morgan fingerprint density at radius 1 is 1.62 bits per heavy atom. The Bertz CT molecular complexity index is 359. The highest BCUT2D eigenvalue weighted by Crippen LogP contribution is 2.27. The Kier molecular flexibility index (Phi) is 4.95. The summed E-state index contributed by atoms with van der Waals surface area (Å²) in [5.74, 6) is -0.0138. The number of nitrogens with one attached hydrogen (secondary N) is 1. The van der Waals surface area contributed by atoms with Crippen LogP contribution in [0, 0.1) is 12.8 Å². The third-order valence-electron chi connectivity index (χ3n) is 2.58. The summed E-state index contributed by atoms with van der Waals surface area (Å²) in [7, 11) is 0. The summed E-state index contributed by atoms with van der Waals surface area (Å²) in [4.78, 5) is 12.5. The fourth-order valence-electron chi connectivity index (χ4n) is 1.15. The van der Waals surface area contributed by atoms with Crippen LogP contribution in [0.2, 0.25) is 0 Å². The first-order valence-electron chi connectivity index (χ1n) is 5.13. The molecule has 0 saturated heterocycles. The first-order chi connectivity index (χ1) is 7.45. The molecule has 2 N–H and O–H groups in total. The highest BCUT2D eigenvalue weighted by atomic mass is 79.9. The lowest BCUT2D eigenvalue weighted by Gasteiger charge is -2.18. The maximum absolute atomic E-state index is 11.8. The van der Waals surface area contributed by atoms with Gasteiger partial charge in [-0.05, 0) is 47.3 Å². The topological polar surface area (TPSA) is 49.3 Å². The van der Waals surface area contributed by atoms with Crippen molar-refractivity contribution in [2.24, 2.45) is 5.92 Å². The van der Waals surface area contributed by atoms with E-state index in [0.717, 1.165) is 9.35 Å². The monoisotopic (exact) mass is 305 g/mol. The summed E-state index contributed by atoms with van der Waals surface area (Å²) >= 11 is 4.82. The Morgan fingerprint density at radius 3 is 2.69 bits per heavy atom. The van der Waals surface area contributed by atoms with E-state index < -0.39 is 0 Å². The van der Waals surface area contributed by atoms with Crippen molar-refractivity contribution in [1.82, 2.24) is 5.32 Å². The van der Waals surface area contributed by atoms with Crippen molar-refractivity contribution in [1.29, 1.82) is 0 Å². The van der Waals surface area contributed by atoms with Crippen LogP contribution in [0.15, 0.2) is 9.85 Å². The number of rotatable bonds is 4.